The molecule has 2 fully saturated rings. The number of likely N-dealkylation sites (tertiary alicyclic amines) is 1. The molecular weight excluding hydrogens is 240 g/mol. The molecule has 1 saturated carbocycles. The van der Waals surface area contributed by atoms with Gasteiger partial charge in [-0.3, -0.25) is 9.69 Å². The lowest BCUT2D eigenvalue weighted by Gasteiger charge is -2.41. The minimum absolute atomic E-state index is 0.200. The van der Waals surface area contributed by atoms with E-state index in [0.29, 0.717) is 12.0 Å². The molecule has 5 heteroatoms. The summed E-state index contributed by atoms with van der Waals surface area (Å²) in [5.41, 5.74) is 5.15. The molecule has 0 aromatic heterocycles. The van der Waals surface area contributed by atoms with Gasteiger partial charge in [0.1, 0.15) is 5.54 Å². The second-order valence-corrected chi connectivity index (χ2v) is 6.33. The topological polar surface area (TPSA) is 61.6 Å². The van der Waals surface area contributed by atoms with Crippen LogP contribution in [0.15, 0.2) is 0 Å². The lowest BCUT2D eigenvalue weighted by Crippen LogP contribution is -2.63. The Hall–Kier alpha value is -0.650. The Morgan fingerprint density at radius 1 is 1.47 bits per heavy atom. The smallest absolute Gasteiger partial charge is 0.239 e. The van der Waals surface area contributed by atoms with Crippen LogP contribution in [0.1, 0.15) is 25.7 Å². The van der Waals surface area contributed by atoms with Gasteiger partial charge in [0.25, 0.3) is 0 Å². The van der Waals surface area contributed by atoms with Crippen LogP contribution < -0.4 is 11.1 Å². The van der Waals surface area contributed by atoms with Gasteiger partial charge in [-0.2, -0.15) is 0 Å². The fourth-order valence-corrected chi connectivity index (χ4v) is 3.41. The quantitative estimate of drug-likeness (QED) is 0.704. The number of primary amides is 1. The Morgan fingerprint density at radius 2 is 2.16 bits per heavy atom. The number of nitrogens with zero attached hydrogens (tertiary/aromatic N) is 2. The van der Waals surface area contributed by atoms with E-state index in [0.717, 1.165) is 25.9 Å². The lowest BCUT2D eigenvalue weighted by molar-refractivity contribution is -0.126. The monoisotopic (exact) mass is 268 g/mol. The van der Waals surface area contributed by atoms with Crippen LogP contribution in [0.5, 0.6) is 0 Å². The molecular formula is C14H28N4O. The Labute approximate surface area is 116 Å². The van der Waals surface area contributed by atoms with Crippen LogP contribution in [0.4, 0.5) is 0 Å². The highest BCUT2D eigenvalue weighted by Gasteiger charge is 2.49. The zero-order valence-electron chi connectivity index (χ0n) is 12.5. The molecule has 1 amide bonds. The summed E-state index contributed by atoms with van der Waals surface area (Å²) in [4.78, 5) is 16.6. The number of amides is 1. The standard InChI is InChI=1S/C14H28N4O/c1-16-14(13(15)19,11-6-7-11)10-18(3)12-5-4-8-17(2)9-12/h11-12,16H,4-10H2,1-3H3,(H2,15,19). The molecule has 2 unspecified atom stereocenters. The molecule has 19 heavy (non-hydrogen) atoms. The SMILES string of the molecule is CNC(CN(C)C1CCCN(C)C1)(C(N)=O)C1CC1. The summed E-state index contributed by atoms with van der Waals surface area (Å²) in [5, 5.41) is 3.23. The van der Waals surface area contributed by atoms with Gasteiger partial charge in [0.05, 0.1) is 0 Å². The van der Waals surface area contributed by atoms with Gasteiger partial charge in [0, 0.05) is 19.1 Å². The minimum atomic E-state index is -0.537. The summed E-state index contributed by atoms with van der Waals surface area (Å²) in [7, 11) is 6.16. The van der Waals surface area contributed by atoms with E-state index in [4.69, 9.17) is 5.73 Å². The van der Waals surface area contributed by atoms with Crippen LogP contribution >= 0.6 is 0 Å². The maximum absolute atomic E-state index is 11.9. The molecule has 0 bridgehead atoms. The van der Waals surface area contributed by atoms with E-state index >= 15 is 0 Å². The molecule has 0 spiro atoms. The summed E-state index contributed by atoms with van der Waals surface area (Å²) in [6.07, 6.45) is 4.67. The second kappa shape index (κ2) is 5.77. The van der Waals surface area contributed by atoms with E-state index in [2.05, 4.69) is 29.2 Å². The van der Waals surface area contributed by atoms with E-state index in [1.807, 2.05) is 7.05 Å². The number of rotatable bonds is 6. The van der Waals surface area contributed by atoms with E-state index in [-0.39, 0.29) is 5.91 Å². The largest absolute Gasteiger partial charge is 0.368 e. The van der Waals surface area contributed by atoms with Crippen LogP contribution in [-0.4, -0.2) is 68.1 Å². The van der Waals surface area contributed by atoms with Gasteiger partial charge in [-0.1, -0.05) is 0 Å². The van der Waals surface area contributed by atoms with Gasteiger partial charge in [0.2, 0.25) is 5.91 Å². The highest BCUT2D eigenvalue weighted by Crippen LogP contribution is 2.40. The predicted molar refractivity (Wildman–Crippen MR) is 76.9 cm³/mol. The Kier molecular flexibility index (Phi) is 4.48. The third-order valence-electron chi connectivity index (χ3n) is 4.88. The molecule has 2 rings (SSSR count). The number of carbonyl (C=O) groups is 1. The van der Waals surface area contributed by atoms with Crippen molar-refractivity contribution in [2.24, 2.45) is 11.7 Å². The first kappa shape index (κ1) is 14.8. The highest BCUT2D eigenvalue weighted by molar-refractivity contribution is 5.86. The van der Waals surface area contributed by atoms with Gasteiger partial charge in [-0.25, -0.2) is 0 Å². The zero-order chi connectivity index (χ0) is 14.0. The van der Waals surface area contributed by atoms with Crippen molar-refractivity contribution in [1.82, 2.24) is 15.1 Å². The molecule has 5 nitrogen and oxygen atoms in total. The van der Waals surface area contributed by atoms with Gasteiger partial charge >= 0.3 is 0 Å². The number of hydrogen-bond acceptors (Lipinski definition) is 4. The number of nitrogens with one attached hydrogen (secondary N) is 1. The molecule has 3 N–H and O–H groups in total. The maximum atomic E-state index is 11.9. The van der Waals surface area contributed by atoms with Crippen LogP contribution in [-0.2, 0) is 4.79 Å². The third kappa shape index (κ3) is 3.09. The Balaban J connectivity index is 2.02. The number of piperidine rings is 1. The summed E-state index contributed by atoms with van der Waals surface area (Å²) in [6.45, 7) is 2.99. The van der Waals surface area contributed by atoms with E-state index < -0.39 is 5.54 Å². The van der Waals surface area contributed by atoms with E-state index in [1.54, 1.807) is 0 Å². The van der Waals surface area contributed by atoms with Crippen molar-refractivity contribution in [3.8, 4) is 0 Å². The summed E-state index contributed by atoms with van der Waals surface area (Å²) >= 11 is 0. The van der Waals surface area contributed by atoms with Crippen LogP contribution in [0.3, 0.4) is 0 Å². The second-order valence-electron chi connectivity index (χ2n) is 6.33. The van der Waals surface area contributed by atoms with Crippen LogP contribution in [0, 0.1) is 5.92 Å². The normalized spacial score (nSPS) is 28.3. The van der Waals surface area contributed by atoms with Crippen LogP contribution in [0.25, 0.3) is 0 Å². The molecule has 0 aromatic rings. The fourth-order valence-electron chi connectivity index (χ4n) is 3.41. The van der Waals surface area contributed by atoms with Crippen molar-refractivity contribution in [2.75, 3.05) is 40.8 Å². The predicted octanol–water partition coefficient (Wildman–Crippen LogP) is -0.134. The molecule has 2 atom stereocenters. The van der Waals surface area contributed by atoms with Crippen molar-refractivity contribution < 1.29 is 4.79 Å². The van der Waals surface area contributed by atoms with Crippen molar-refractivity contribution in [2.45, 2.75) is 37.3 Å². The Bertz CT molecular complexity index is 331. The first-order valence-electron chi connectivity index (χ1n) is 7.37. The first-order valence-corrected chi connectivity index (χ1v) is 7.37. The van der Waals surface area contributed by atoms with Gasteiger partial charge in [-0.15, -0.1) is 0 Å². The zero-order valence-corrected chi connectivity index (χ0v) is 12.5. The maximum Gasteiger partial charge on any atom is 0.239 e. The summed E-state index contributed by atoms with van der Waals surface area (Å²) in [5.74, 6) is 0.215. The van der Waals surface area contributed by atoms with Crippen molar-refractivity contribution in [3.63, 3.8) is 0 Å². The molecule has 1 aliphatic carbocycles. The van der Waals surface area contributed by atoms with Crippen LogP contribution in [0.2, 0.25) is 0 Å². The number of likely N-dealkylation sites (N-methyl/N-ethyl adjacent to an activating group) is 3. The molecule has 0 radical (unpaired) electrons. The fraction of sp³-hybridized carbons (Fsp3) is 0.929. The third-order valence-corrected chi connectivity index (χ3v) is 4.88. The Morgan fingerprint density at radius 3 is 2.63 bits per heavy atom. The number of nitrogens with two attached hydrogens (primary N) is 1. The van der Waals surface area contributed by atoms with Gasteiger partial charge < -0.3 is 16.0 Å². The van der Waals surface area contributed by atoms with Gasteiger partial charge in [-0.05, 0) is 59.3 Å². The van der Waals surface area contributed by atoms with Gasteiger partial charge in [0.15, 0.2) is 0 Å². The molecule has 1 aliphatic heterocycles. The molecule has 2 aliphatic rings. The average Bonchev–Trinajstić information content (AvgIpc) is 3.20. The first-order chi connectivity index (χ1) is 8.99. The molecule has 0 aromatic carbocycles. The molecule has 1 saturated heterocycles. The van der Waals surface area contributed by atoms with E-state index in [9.17, 15) is 4.79 Å². The van der Waals surface area contributed by atoms with Crippen molar-refractivity contribution in [1.29, 1.82) is 0 Å². The summed E-state index contributed by atoms with van der Waals surface area (Å²) in [6, 6.07) is 0.532. The van der Waals surface area contributed by atoms with Crippen molar-refractivity contribution >= 4 is 5.91 Å². The molecule has 110 valence electrons. The van der Waals surface area contributed by atoms with E-state index in [1.165, 1.54) is 19.4 Å². The molecule has 1 heterocycles. The summed E-state index contributed by atoms with van der Waals surface area (Å²) < 4.78 is 0. The van der Waals surface area contributed by atoms with Crippen molar-refractivity contribution in [3.05, 3.63) is 0 Å². The number of carbonyl (C=O) groups excluding carboxylic acids is 1. The number of hydrogen-bond donors (Lipinski definition) is 2. The highest BCUT2D eigenvalue weighted by atomic mass is 16.1. The minimum Gasteiger partial charge on any atom is -0.368 e. The average molecular weight is 268 g/mol. The lowest BCUT2D eigenvalue weighted by atomic mass is 9.90.